The number of hydrogen-bond donors (Lipinski definition) is 2. The molecule has 1 saturated heterocycles. The van der Waals surface area contributed by atoms with Crippen molar-refractivity contribution in [2.24, 2.45) is 5.92 Å². The number of rotatable bonds is 4. The lowest BCUT2D eigenvalue weighted by molar-refractivity contribution is -0.384. The number of nitrogens with zero attached hydrogens (tertiary/aromatic N) is 2. The van der Waals surface area contributed by atoms with E-state index in [1.165, 1.54) is 18.2 Å². The van der Waals surface area contributed by atoms with Gasteiger partial charge in [0.15, 0.2) is 0 Å². The highest BCUT2D eigenvalue weighted by Crippen LogP contribution is 2.25. The van der Waals surface area contributed by atoms with Crippen molar-refractivity contribution in [2.45, 2.75) is 6.42 Å². The fraction of sp³-hybridized carbons (Fsp3) is 0.417. The lowest BCUT2D eigenvalue weighted by atomic mass is 10.1. The SMILES string of the molecule is N#Cc1ccc([N+](=O)[O-])c(NCC2CCNC2)c1. The molecule has 0 amide bonds. The summed E-state index contributed by atoms with van der Waals surface area (Å²) in [6, 6.07) is 6.34. The summed E-state index contributed by atoms with van der Waals surface area (Å²) in [4.78, 5) is 10.5. The molecule has 2 rings (SSSR count). The zero-order valence-corrected chi connectivity index (χ0v) is 9.85. The quantitative estimate of drug-likeness (QED) is 0.620. The molecule has 6 nitrogen and oxygen atoms in total. The van der Waals surface area contributed by atoms with Gasteiger partial charge in [0.2, 0.25) is 0 Å². The predicted octanol–water partition coefficient (Wildman–Crippen LogP) is 1.49. The normalized spacial score (nSPS) is 18.3. The molecule has 0 saturated carbocycles. The number of benzene rings is 1. The molecule has 0 radical (unpaired) electrons. The van der Waals surface area contributed by atoms with Gasteiger partial charge in [-0.25, -0.2) is 0 Å². The van der Waals surface area contributed by atoms with Crippen molar-refractivity contribution in [3.8, 4) is 6.07 Å². The van der Waals surface area contributed by atoms with E-state index < -0.39 is 4.92 Å². The van der Waals surface area contributed by atoms with E-state index >= 15 is 0 Å². The van der Waals surface area contributed by atoms with Crippen LogP contribution in [0.25, 0.3) is 0 Å². The van der Waals surface area contributed by atoms with Crippen molar-refractivity contribution in [1.82, 2.24) is 5.32 Å². The first-order valence-electron chi connectivity index (χ1n) is 5.84. The van der Waals surface area contributed by atoms with E-state index in [2.05, 4.69) is 10.6 Å². The minimum Gasteiger partial charge on any atom is -0.379 e. The van der Waals surface area contributed by atoms with Gasteiger partial charge in [0.05, 0.1) is 16.6 Å². The molecule has 1 fully saturated rings. The molecular formula is C12H14N4O2. The van der Waals surface area contributed by atoms with Crippen molar-refractivity contribution < 1.29 is 4.92 Å². The number of nitriles is 1. The average molecular weight is 246 g/mol. The van der Waals surface area contributed by atoms with Gasteiger partial charge in [-0.15, -0.1) is 0 Å². The van der Waals surface area contributed by atoms with Crippen LogP contribution in [0.2, 0.25) is 0 Å². The van der Waals surface area contributed by atoms with Gasteiger partial charge >= 0.3 is 0 Å². The number of nitrogens with one attached hydrogen (secondary N) is 2. The standard InChI is InChI=1S/C12H14N4O2/c13-6-9-1-2-12(16(17)18)11(5-9)15-8-10-3-4-14-7-10/h1-2,5,10,14-15H,3-4,7-8H2. The molecule has 1 heterocycles. The van der Waals surface area contributed by atoms with Gasteiger partial charge in [0.25, 0.3) is 5.69 Å². The molecule has 2 N–H and O–H groups in total. The van der Waals surface area contributed by atoms with E-state index in [4.69, 9.17) is 5.26 Å². The molecule has 94 valence electrons. The van der Waals surface area contributed by atoms with Crippen LogP contribution < -0.4 is 10.6 Å². The van der Waals surface area contributed by atoms with E-state index in [-0.39, 0.29) is 5.69 Å². The lowest BCUT2D eigenvalue weighted by Gasteiger charge is -2.11. The summed E-state index contributed by atoms with van der Waals surface area (Å²) in [5.74, 6) is 0.482. The third-order valence-corrected chi connectivity index (χ3v) is 3.07. The third kappa shape index (κ3) is 2.76. The largest absolute Gasteiger partial charge is 0.379 e. The molecule has 1 aromatic carbocycles. The Balaban J connectivity index is 2.13. The summed E-state index contributed by atoms with van der Waals surface area (Å²) in [5.41, 5.74) is 0.860. The summed E-state index contributed by atoms with van der Waals surface area (Å²) < 4.78 is 0. The first-order valence-corrected chi connectivity index (χ1v) is 5.84. The Morgan fingerprint density at radius 1 is 1.61 bits per heavy atom. The molecule has 0 aliphatic carbocycles. The third-order valence-electron chi connectivity index (χ3n) is 3.07. The number of nitro groups is 1. The monoisotopic (exact) mass is 246 g/mol. The van der Waals surface area contributed by atoms with Gasteiger partial charge in [-0.2, -0.15) is 5.26 Å². The van der Waals surface area contributed by atoms with E-state index in [1.54, 1.807) is 0 Å². The van der Waals surface area contributed by atoms with E-state index in [1.807, 2.05) is 6.07 Å². The Kier molecular flexibility index (Phi) is 3.75. The van der Waals surface area contributed by atoms with Crippen LogP contribution in [0.4, 0.5) is 11.4 Å². The van der Waals surface area contributed by atoms with Crippen molar-refractivity contribution in [2.75, 3.05) is 25.0 Å². The van der Waals surface area contributed by atoms with Gasteiger partial charge in [-0.05, 0) is 37.6 Å². The first kappa shape index (κ1) is 12.3. The van der Waals surface area contributed by atoms with Crippen LogP contribution >= 0.6 is 0 Å². The molecule has 1 aromatic rings. The first-order chi connectivity index (χ1) is 8.70. The maximum atomic E-state index is 10.9. The Bertz CT molecular complexity index is 489. The van der Waals surface area contributed by atoms with E-state index in [0.29, 0.717) is 23.7 Å². The molecule has 1 aliphatic rings. The average Bonchev–Trinajstić information content (AvgIpc) is 2.88. The Labute approximate surface area is 105 Å². The molecular weight excluding hydrogens is 232 g/mol. The maximum Gasteiger partial charge on any atom is 0.292 e. The zero-order chi connectivity index (χ0) is 13.0. The Morgan fingerprint density at radius 2 is 2.44 bits per heavy atom. The molecule has 0 spiro atoms. The van der Waals surface area contributed by atoms with Gasteiger partial charge in [-0.3, -0.25) is 10.1 Å². The van der Waals surface area contributed by atoms with Crippen LogP contribution in [-0.2, 0) is 0 Å². The predicted molar refractivity (Wildman–Crippen MR) is 67.3 cm³/mol. The molecule has 0 aromatic heterocycles. The second-order valence-electron chi connectivity index (χ2n) is 4.34. The fourth-order valence-corrected chi connectivity index (χ4v) is 2.05. The molecule has 18 heavy (non-hydrogen) atoms. The smallest absolute Gasteiger partial charge is 0.292 e. The maximum absolute atomic E-state index is 10.9. The fourth-order valence-electron chi connectivity index (χ4n) is 2.05. The lowest BCUT2D eigenvalue weighted by Crippen LogP contribution is -2.17. The van der Waals surface area contributed by atoms with Gasteiger partial charge in [0, 0.05) is 12.6 Å². The summed E-state index contributed by atoms with van der Waals surface area (Å²) in [6.45, 7) is 2.61. The minimum atomic E-state index is -0.434. The summed E-state index contributed by atoms with van der Waals surface area (Å²) in [5, 5.41) is 26.0. The van der Waals surface area contributed by atoms with Gasteiger partial charge in [-0.1, -0.05) is 0 Å². The van der Waals surface area contributed by atoms with Crippen LogP contribution in [0.3, 0.4) is 0 Å². The summed E-state index contributed by atoms with van der Waals surface area (Å²) in [7, 11) is 0. The zero-order valence-electron chi connectivity index (χ0n) is 9.85. The van der Waals surface area contributed by atoms with Gasteiger partial charge in [0.1, 0.15) is 5.69 Å². The van der Waals surface area contributed by atoms with Gasteiger partial charge < -0.3 is 10.6 Å². The van der Waals surface area contributed by atoms with Crippen molar-refractivity contribution >= 4 is 11.4 Å². The van der Waals surface area contributed by atoms with E-state index in [0.717, 1.165) is 19.5 Å². The highest BCUT2D eigenvalue weighted by atomic mass is 16.6. The number of hydrogen-bond acceptors (Lipinski definition) is 5. The van der Waals surface area contributed by atoms with Crippen LogP contribution in [0.1, 0.15) is 12.0 Å². The van der Waals surface area contributed by atoms with Crippen molar-refractivity contribution in [3.05, 3.63) is 33.9 Å². The van der Waals surface area contributed by atoms with Crippen LogP contribution in [0.15, 0.2) is 18.2 Å². The van der Waals surface area contributed by atoms with Crippen LogP contribution in [-0.4, -0.2) is 24.6 Å². The molecule has 1 unspecified atom stereocenters. The molecule has 0 bridgehead atoms. The molecule has 6 heteroatoms. The molecule has 1 aliphatic heterocycles. The summed E-state index contributed by atoms with van der Waals surface area (Å²) in [6.07, 6.45) is 1.07. The van der Waals surface area contributed by atoms with Crippen LogP contribution in [0, 0.1) is 27.4 Å². The molecule has 1 atom stereocenters. The Morgan fingerprint density at radius 3 is 3.06 bits per heavy atom. The topological polar surface area (TPSA) is 91.0 Å². The van der Waals surface area contributed by atoms with Crippen LogP contribution in [0.5, 0.6) is 0 Å². The summed E-state index contributed by atoms with van der Waals surface area (Å²) >= 11 is 0. The highest BCUT2D eigenvalue weighted by molar-refractivity contribution is 5.64. The van der Waals surface area contributed by atoms with E-state index in [9.17, 15) is 10.1 Å². The Hall–Kier alpha value is -2.13. The number of nitro benzene ring substituents is 1. The second kappa shape index (κ2) is 5.47. The minimum absolute atomic E-state index is 0.0138. The van der Waals surface area contributed by atoms with Crippen molar-refractivity contribution in [3.63, 3.8) is 0 Å². The number of anilines is 1. The highest BCUT2D eigenvalue weighted by Gasteiger charge is 2.18. The second-order valence-corrected chi connectivity index (χ2v) is 4.34. The van der Waals surface area contributed by atoms with Crippen molar-refractivity contribution in [1.29, 1.82) is 5.26 Å².